The third-order valence-corrected chi connectivity index (χ3v) is 6.02. The number of hydrogen-bond acceptors (Lipinski definition) is 7. The van der Waals surface area contributed by atoms with E-state index in [1.54, 1.807) is 29.7 Å². The van der Waals surface area contributed by atoms with Crippen LogP contribution < -0.4 is 10.6 Å². The Morgan fingerprint density at radius 1 is 1.07 bits per heavy atom. The Labute approximate surface area is 185 Å². The SMILES string of the molecule is CCCNc1nc(SCC)nc2c1cnn2CCNC(=O)c1ccccc1SCC. The van der Waals surface area contributed by atoms with Crippen LogP contribution in [0.1, 0.15) is 37.6 Å². The Kier molecular flexibility index (Phi) is 8.39. The van der Waals surface area contributed by atoms with E-state index >= 15 is 0 Å². The van der Waals surface area contributed by atoms with Crippen molar-refractivity contribution in [3.05, 3.63) is 36.0 Å². The van der Waals surface area contributed by atoms with Crippen LogP contribution in [0, 0.1) is 0 Å². The number of hydrogen-bond donors (Lipinski definition) is 2. The zero-order chi connectivity index (χ0) is 21.3. The van der Waals surface area contributed by atoms with Gasteiger partial charge in [-0.1, -0.05) is 44.7 Å². The van der Waals surface area contributed by atoms with E-state index in [2.05, 4.69) is 46.5 Å². The molecule has 1 aromatic carbocycles. The lowest BCUT2D eigenvalue weighted by molar-refractivity contribution is 0.0949. The molecule has 0 radical (unpaired) electrons. The maximum Gasteiger partial charge on any atom is 0.252 e. The van der Waals surface area contributed by atoms with Gasteiger partial charge in [0.1, 0.15) is 5.82 Å². The van der Waals surface area contributed by atoms with Crippen LogP contribution in [0.2, 0.25) is 0 Å². The van der Waals surface area contributed by atoms with Crippen LogP contribution in [-0.2, 0) is 6.54 Å². The summed E-state index contributed by atoms with van der Waals surface area (Å²) in [6.07, 6.45) is 2.81. The standard InChI is InChI=1S/C21H28N6OS2/c1-4-11-22-18-16-14-24-27(19(16)26-21(25-18)30-6-3)13-12-23-20(28)15-9-7-8-10-17(15)29-5-2/h7-10,14H,4-6,11-13H2,1-3H3,(H,23,28)(H,22,25,26). The van der Waals surface area contributed by atoms with Crippen molar-refractivity contribution in [1.82, 2.24) is 25.1 Å². The summed E-state index contributed by atoms with van der Waals surface area (Å²) in [6.45, 7) is 8.14. The molecular formula is C21H28N6OS2. The van der Waals surface area contributed by atoms with Crippen LogP contribution >= 0.6 is 23.5 Å². The molecule has 1 amide bonds. The van der Waals surface area contributed by atoms with Gasteiger partial charge in [-0.2, -0.15) is 5.10 Å². The number of nitrogens with zero attached hydrogens (tertiary/aromatic N) is 4. The predicted octanol–water partition coefficient (Wildman–Crippen LogP) is 4.30. The van der Waals surface area contributed by atoms with Crippen molar-refractivity contribution in [2.45, 2.75) is 43.8 Å². The van der Waals surface area contributed by atoms with E-state index in [0.29, 0.717) is 18.7 Å². The van der Waals surface area contributed by atoms with Crippen molar-refractivity contribution in [2.24, 2.45) is 0 Å². The van der Waals surface area contributed by atoms with Gasteiger partial charge in [0.05, 0.1) is 23.7 Å². The monoisotopic (exact) mass is 444 g/mol. The number of carbonyl (C=O) groups is 1. The summed E-state index contributed by atoms with van der Waals surface area (Å²) in [5.74, 6) is 2.58. The molecule has 0 aliphatic carbocycles. The van der Waals surface area contributed by atoms with Crippen molar-refractivity contribution in [3.8, 4) is 0 Å². The quantitative estimate of drug-likeness (QED) is 0.337. The second-order valence-corrected chi connectivity index (χ2v) is 9.04. The fourth-order valence-corrected chi connectivity index (χ4v) is 4.34. The summed E-state index contributed by atoms with van der Waals surface area (Å²) in [6, 6.07) is 7.70. The Morgan fingerprint density at radius 3 is 2.63 bits per heavy atom. The molecule has 0 fully saturated rings. The summed E-state index contributed by atoms with van der Waals surface area (Å²) in [7, 11) is 0. The highest BCUT2D eigenvalue weighted by atomic mass is 32.2. The maximum atomic E-state index is 12.7. The number of fused-ring (bicyclic) bond motifs is 1. The minimum absolute atomic E-state index is 0.0647. The molecule has 2 aromatic heterocycles. The molecule has 9 heteroatoms. The highest BCUT2D eigenvalue weighted by Gasteiger charge is 2.14. The first kappa shape index (κ1) is 22.4. The summed E-state index contributed by atoms with van der Waals surface area (Å²) in [4.78, 5) is 23.0. The van der Waals surface area contributed by atoms with Crippen LogP contribution in [0.5, 0.6) is 0 Å². The number of anilines is 1. The van der Waals surface area contributed by atoms with E-state index in [1.807, 2.05) is 28.9 Å². The van der Waals surface area contributed by atoms with E-state index < -0.39 is 0 Å². The van der Waals surface area contributed by atoms with Crippen molar-refractivity contribution in [2.75, 3.05) is 29.9 Å². The van der Waals surface area contributed by atoms with Gasteiger partial charge in [0.25, 0.3) is 5.91 Å². The minimum Gasteiger partial charge on any atom is -0.369 e. The van der Waals surface area contributed by atoms with Gasteiger partial charge in [-0.15, -0.1) is 11.8 Å². The first-order chi connectivity index (χ1) is 14.7. The molecule has 2 heterocycles. The number of aromatic nitrogens is 4. The predicted molar refractivity (Wildman–Crippen MR) is 126 cm³/mol. The molecule has 0 unspecified atom stereocenters. The average Bonchev–Trinajstić information content (AvgIpc) is 3.16. The van der Waals surface area contributed by atoms with Gasteiger partial charge >= 0.3 is 0 Å². The lowest BCUT2D eigenvalue weighted by Crippen LogP contribution is -2.28. The molecule has 7 nitrogen and oxygen atoms in total. The minimum atomic E-state index is -0.0647. The second kappa shape index (κ2) is 11.2. The molecule has 0 atom stereocenters. The van der Waals surface area contributed by atoms with Crippen molar-refractivity contribution in [1.29, 1.82) is 0 Å². The molecule has 0 spiro atoms. The molecule has 0 bridgehead atoms. The Balaban J connectivity index is 1.73. The van der Waals surface area contributed by atoms with E-state index in [9.17, 15) is 4.79 Å². The van der Waals surface area contributed by atoms with Crippen LogP contribution in [0.3, 0.4) is 0 Å². The zero-order valence-electron chi connectivity index (χ0n) is 17.6. The van der Waals surface area contributed by atoms with Gasteiger partial charge in [0.15, 0.2) is 10.8 Å². The van der Waals surface area contributed by atoms with Gasteiger partial charge < -0.3 is 10.6 Å². The van der Waals surface area contributed by atoms with Crippen molar-refractivity contribution in [3.63, 3.8) is 0 Å². The number of rotatable bonds is 11. The number of carbonyl (C=O) groups excluding carboxylic acids is 1. The number of thioether (sulfide) groups is 2. The molecule has 0 saturated carbocycles. The Morgan fingerprint density at radius 2 is 1.87 bits per heavy atom. The molecule has 0 aliphatic heterocycles. The van der Waals surface area contributed by atoms with E-state index in [-0.39, 0.29) is 5.91 Å². The fourth-order valence-electron chi connectivity index (χ4n) is 2.98. The normalized spacial score (nSPS) is 11.0. The molecule has 160 valence electrons. The molecule has 0 aliphatic rings. The van der Waals surface area contributed by atoms with Crippen molar-refractivity contribution >= 4 is 46.3 Å². The molecule has 30 heavy (non-hydrogen) atoms. The summed E-state index contributed by atoms with van der Waals surface area (Å²) in [5, 5.41) is 12.5. The van der Waals surface area contributed by atoms with E-state index in [4.69, 9.17) is 0 Å². The lowest BCUT2D eigenvalue weighted by atomic mass is 10.2. The Hall–Kier alpha value is -2.26. The Bertz CT molecular complexity index is 991. The van der Waals surface area contributed by atoms with Gasteiger partial charge in [0, 0.05) is 18.0 Å². The van der Waals surface area contributed by atoms with Gasteiger partial charge in [-0.05, 0) is 30.1 Å². The van der Waals surface area contributed by atoms with Crippen LogP contribution in [-0.4, -0.2) is 50.3 Å². The molecule has 0 saturated heterocycles. The first-order valence-electron chi connectivity index (χ1n) is 10.3. The highest BCUT2D eigenvalue weighted by molar-refractivity contribution is 7.99. The zero-order valence-corrected chi connectivity index (χ0v) is 19.3. The molecule has 3 rings (SSSR count). The lowest BCUT2D eigenvalue weighted by Gasteiger charge is -2.10. The van der Waals surface area contributed by atoms with E-state index in [0.717, 1.165) is 51.4 Å². The molecule has 3 aromatic rings. The third-order valence-electron chi connectivity index (χ3n) is 4.33. The summed E-state index contributed by atoms with van der Waals surface area (Å²) in [5.41, 5.74) is 1.50. The van der Waals surface area contributed by atoms with E-state index in [1.165, 1.54) is 0 Å². The maximum absolute atomic E-state index is 12.7. The van der Waals surface area contributed by atoms with Gasteiger partial charge in [-0.25, -0.2) is 14.6 Å². The van der Waals surface area contributed by atoms with Crippen LogP contribution in [0.4, 0.5) is 5.82 Å². The topological polar surface area (TPSA) is 84.7 Å². The largest absolute Gasteiger partial charge is 0.369 e. The molecule has 2 N–H and O–H groups in total. The van der Waals surface area contributed by atoms with Crippen LogP contribution in [0.25, 0.3) is 11.0 Å². The smallest absolute Gasteiger partial charge is 0.252 e. The number of amides is 1. The summed E-state index contributed by atoms with van der Waals surface area (Å²) >= 11 is 3.28. The third kappa shape index (κ3) is 5.46. The highest BCUT2D eigenvalue weighted by Crippen LogP contribution is 2.24. The first-order valence-corrected chi connectivity index (χ1v) is 12.2. The number of benzene rings is 1. The second-order valence-electron chi connectivity index (χ2n) is 6.50. The van der Waals surface area contributed by atoms with Crippen LogP contribution in [0.15, 0.2) is 40.5 Å². The average molecular weight is 445 g/mol. The van der Waals surface area contributed by atoms with Gasteiger partial charge in [-0.3, -0.25) is 4.79 Å². The summed E-state index contributed by atoms with van der Waals surface area (Å²) < 4.78 is 1.83. The molecular weight excluding hydrogens is 416 g/mol. The van der Waals surface area contributed by atoms with Crippen molar-refractivity contribution < 1.29 is 4.79 Å². The number of nitrogens with one attached hydrogen (secondary N) is 2. The fraction of sp³-hybridized carbons (Fsp3) is 0.429. The van der Waals surface area contributed by atoms with Gasteiger partial charge in [0.2, 0.25) is 0 Å².